The molecule has 1 aromatic carbocycles. The van der Waals surface area contributed by atoms with Crippen LogP contribution in [0.15, 0.2) is 42.7 Å². The highest BCUT2D eigenvalue weighted by Gasteiger charge is 2.26. The van der Waals surface area contributed by atoms with Gasteiger partial charge >= 0.3 is 0 Å². The van der Waals surface area contributed by atoms with Gasteiger partial charge in [-0.2, -0.15) is 0 Å². The number of aromatic nitrogens is 1. The lowest BCUT2D eigenvalue weighted by molar-refractivity contribution is -0.118. The molecule has 3 rings (SSSR count). The third-order valence-corrected chi connectivity index (χ3v) is 3.46. The van der Waals surface area contributed by atoms with Crippen LogP contribution in [0.5, 0.6) is 11.5 Å². The molecule has 6 nitrogen and oxygen atoms in total. The molecule has 6 heteroatoms. The highest BCUT2D eigenvalue weighted by Crippen LogP contribution is 2.29. The van der Waals surface area contributed by atoms with E-state index in [1.165, 1.54) is 0 Å². The van der Waals surface area contributed by atoms with Crippen molar-refractivity contribution < 1.29 is 14.3 Å². The van der Waals surface area contributed by atoms with Crippen LogP contribution in [0.3, 0.4) is 0 Å². The lowest BCUT2D eigenvalue weighted by Gasteiger charge is -2.18. The van der Waals surface area contributed by atoms with Crippen molar-refractivity contribution >= 4 is 11.6 Å². The number of anilines is 1. The second-order valence-electron chi connectivity index (χ2n) is 4.84. The first-order valence-electron chi connectivity index (χ1n) is 7.03. The lowest BCUT2D eigenvalue weighted by Crippen LogP contribution is -2.33. The molecule has 2 heterocycles. The second-order valence-corrected chi connectivity index (χ2v) is 4.84. The molecule has 1 aliphatic rings. The summed E-state index contributed by atoms with van der Waals surface area (Å²) in [6.45, 7) is 1.12. The smallest absolute Gasteiger partial charge is 0.246 e. The summed E-state index contributed by atoms with van der Waals surface area (Å²) in [7, 11) is 1.55. The Morgan fingerprint density at radius 3 is 3.14 bits per heavy atom. The number of carbonyl (C=O) groups excluding carboxylic acids is 1. The quantitative estimate of drug-likeness (QED) is 0.903. The average Bonchev–Trinajstić information content (AvgIpc) is 2.78. The first-order chi connectivity index (χ1) is 10.8. The third kappa shape index (κ3) is 2.87. The number of methoxy groups -OCH3 is 1. The van der Waals surface area contributed by atoms with Crippen LogP contribution in [0.2, 0.25) is 0 Å². The summed E-state index contributed by atoms with van der Waals surface area (Å²) in [5.41, 5.74) is 1.36. The molecule has 1 amide bonds. The summed E-state index contributed by atoms with van der Waals surface area (Å²) >= 11 is 0. The highest BCUT2D eigenvalue weighted by molar-refractivity contribution is 5.97. The molecular formula is C16H17N3O3. The van der Waals surface area contributed by atoms with Crippen molar-refractivity contribution in [2.24, 2.45) is 0 Å². The number of fused-ring (bicyclic) bond motifs is 1. The van der Waals surface area contributed by atoms with Crippen LogP contribution in [0.25, 0.3) is 0 Å². The summed E-state index contributed by atoms with van der Waals surface area (Å²) in [5.74, 6) is 1.12. The van der Waals surface area contributed by atoms with Crippen molar-refractivity contribution in [1.29, 1.82) is 0 Å². The zero-order chi connectivity index (χ0) is 15.4. The zero-order valence-corrected chi connectivity index (χ0v) is 12.2. The molecule has 0 saturated carbocycles. The van der Waals surface area contributed by atoms with E-state index >= 15 is 0 Å². The molecule has 1 aromatic heterocycles. The SMILES string of the molecule is COc1ccncc1NC(=O)C1NCCOc2ccccc21. The number of benzene rings is 1. The van der Waals surface area contributed by atoms with E-state index in [4.69, 9.17) is 9.47 Å². The van der Waals surface area contributed by atoms with Crippen molar-refractivity contribution in [3.8, 4) is 11.5 Å². The Morgan fingerprint density at radius 1 is 1.41 bits per heavy atom. The second kappa shape index (κ2) is 6.44. The summed E-state index contributed by atoms with van der Waals surface area (Å²) in [6.07, 6.45) is 3.18. The molecule has 0 aliphatic carbocycles. The Labute approximate surface area is 128 Å². The molecule has 1 aliphatic heterocycles. The van der Waals surface area contributed by atoms with E-state index in [9.17, 15) is 4.79 Å². The van der Waals surface area contributed by atoms with Crippen molar-refractivity contribution in [1.82, 2.24) is 10.3 Å². The van der Waals surface area contributed by atoms with Gasteiger partial charge in [-0.25, -0.2) is 0 Å². The van der Waals surface area contributed by atoms with Crippen LogP contribution in [0.4, 0.5) is 5.69 Å². The molecule has 0 saturated heterocycles. The van der Waals surface area contributed by atoms with E-state index in [1.54, 1.807) is 25.6 Å². The number of hydrogen-bond acceptors (Lipinski definition) is 5. The van der Waals surface area contributed by atoms with Gasteiger partial charge in [-0.1, -0.05) is 18.2 Å². The monoisotopic (exact) mass is 299 g/mol. The average molecular weight is 299 g/mol. The summed E-state index contributed by atoms with van der Waals surface area (Å²) in [4.78, 5) is 16.7. The molecule has 1 atom stereocenters. The van der Waals surface area contributed by atoms with Crippen molar-refractivity contribution in [2.75, 3.05) is 25.6 Å². The van der Waals surface area contributed by atoms with Gasteiger partial charge in [-0.05, 0) is 6.07 Å². The van der Waals surface area contributed by atoms with Crippen LogP contribution < -0.4 is 20.1 Å². The van der Waals surface area contributed by atoms with Crippen LogP contribution in [0.1, 0.15) is 11.6 Å². The minimum Gasteiger partial charge on any atom is -0.494 e. The Hall–Kier alpha value is -2.60. The lowest BCUT2D eigenvalue weighted by atomic mass is 10.1. The van der Waals surface area contributed by atoms with Crippen molar-refractivity contribution in [3.05, 3.63) is 48.3 Å². The van der Waals surface area contributed by atoms with Crippen molar-refractivity contribution in [3.63, 3.8) is 0 Å². The number of carbonyl (C=O) groups is 1. The predicted molar refractivity (Wildman–Crippen MR) is 82.1 cm³/mol. The number of hydrogen-bond donors (Lipinski definition) is 2. The maximum Gasteiger partial charge on any atom is 0.246 e. The first-order valence-corrected chi connectivity index (χ1v) is 7.03. The maximum atomic E-state index is 12.6. The van der Waals surface area contributed by atoms with E-state index in [-0.39, 0.29) is 5.91 Å². The molecule has 0 radical (unpaired) electrons. The van der Waals surface area contributed by atoms with Crippen molar-refractivity contribution in [2.45, 2.75) is 6.04 Å². The molecule has 2 N–H and O–H groups in total. The Morgan fingerprint density at radius 2 is 2.27 bits per heavy atom. The Balaban J connectivity index is 1.86. The number of nitrogens with zero attached hydrogens (tertiary/aromatic N) is 1. The maximum absolute atomic E-state index is 12.6. The number of para-hydroxylation sites is 1. The van der Waals surface area contributed by atoms with Gasteiger partial charge in [0.1, 0.15) is 29.8 Å². The first kappa shape index (κ1) is 14.3. The fourth-order valence-electron chi connectivity index (χ4n) is 2.42. The molecule has 2 aromatic rings. The minimum atomic E-state index is -0.483. The fourth-order valence-corrected chi connectivity index (χ4v) is 2.42. The van der Waals surface area contributed by atoms with Crippen LogP contribution in [-0.4, -0.2) is 31.2 Å². The van der Waals surface area contributed by atoms with Gasteiger partial charge in [0.05, 0.1) is 13.3 Å². The molecule has 1 unspecified atom stereocenters. The fraction of sp³-hybridized carbons (Fsp3) is 0.250. The van der Waals surface area contributed by atoms with Gasteiger partial charge in [0.15, 0.2) is 0 Å². The number of rotatable bonds is 3. The number of amides is 1. The van der Waals surface area contributed by atoms with E-state index in [0.717, 1.165) is 11.3 Å². The predicted octanol–water partition coefficient (Wildman–Crippen LogP) is 1.75. The number of nitrogens with one attached hydrogen (secondary N) is 2. The Kier molecular flexibility index (Phi) is 4.20. The molecule has 0 bridgehead atoms. The number of pyridine rings is 1. The number of ether oxygens (including phenoxy) is 2. The summed E-state index contributed by atoms with van der Waals surface area (Å²) < 4.78 is 10.9. The summed E-state index contributed by atoms with van der Waals surface area (Å²) in [5, 5.41) is 6.05. The van der Waals surface area contributed by atoms with Gasteiger partial charge in [0, 0.05) is 24.4 Å². The molecular weight excluding hydrogens is 282 g/mol. The largest absolute Gasteiger partial charge is 0.494 e. The van der Waals surface area contributed by atoms with E-state index in [0.29, 0.717) is 24.6 Å². The van der Waals surface area contributed by atoms with Gasteiger partial charge < -0.3 is 14.8 Å². The van der Waals surface area contributed by atoms with E-state index in [1.807, 2.05) is 24.3 Å². The van der Waals surface area contributed by atoms with E-state index in [2.05, 4.69) is 15.6 Å². The highest BCUT2D eigenvalue weighted by atomic mass is 16.5. The molecule has 22 heavy (non-hydrogen) atoms. The molecule has 114 valence electrons. The summed E-state index contributed by atoms with van der Waals surface area (Å²) in [6, 6.07) is 8.76. The van der Waals surface area contributed by atoms with Gasteiger partial charge in [-0.15, -0.1) is 0 Å². The topological polar surface area (TPSA) is 72.5 Å². The van der Waals surface area contributed by atoms with Crippen LogP contribution >= 0.6 is 0 Å². The normalized spacial score (nSPS) is 16.9. The van der Waals surface area contributed by atoms with Gasteiger partial charge in [0.2, 0.25) is 5.91 Å². The standard InChI is InChI=1S/C16H17N3O3/c1-21-14-6-7-17-10-12(14)19-16(20)15-11-4-2-3-5-13(11)22-9-8-18-15/h2-7,10,15,18H,8-9H2,1H3,(H,19,20). The van der Waals surface area contributed by atoms with Gasteiger partial charge in [-0.3, -0.25) is 15.1 Å². The third-order valence-electron chi connectivity index (χ3n) is 3.46. The van der Waals surface area contributed by atoms with E-state index < -0.39 is 6.04 Å². The molecule has 0 spiro atoms. The van der Waals surface area contributed by atoms with Crippen LogP contribution in [0, 0.1) is 0 Å². The van der Waals surface area contributed by atoms with Crippen LogP contribution in [-0.2, 0) is 4.79 Å². The minimum absolute atomic E-state index is 0.177. The molecule has 0 fully saturated rings. The Bertz CT molecular complexity index is 675. The zero-order valence-electron chi connectivity index (χ0n) is 12.2. The van der Waals surface area contributed by atoms with Gasteiger partial charge in [0.25, 0.3) is 0 Å².